The highest BCUT2D eigenvalue weighted by molar-refractivity contribution is 7.14. The maximum Gasteiger partial charge on any atom is 0.212 e. The summed E-state index contributed by atoms with van der Waals surface area (Å²) in [6, 6.07) is 3.69. The van der Waals surface area contributed by atoms with Gasteiger partial charge in [-0.1, -0.05) is 16.6 Å². The van der Waals surface area contributed by atoms with Gasteiger partial charge in [0.05, 0.1) is 5.69 Å². The Kier molecular flexibility index (Phi) is 3.27. The molecule has 3 heterocycles. The maximum absolute atomic E-state index is 11.3. The molecule has 0 bridgehead atoms. The predicted molar refractivity (Wildman–Crippen MR) is 82.3 cm³/mol. The van der Waals surface area contributed by atoms with Crippen LogP contribution in [0.3, 0.4) is 0 Å². The molecule has 0 amide bonds. The van der Waals surface area contributed by atoms with Crippen molar-refractivity contribution in [2.45, 2.75) is 25.7 Å². The minimum Gasteiger partial charge on any atom is -0.296 e. The van der Waals surface area contributed by atoms with Crippen LogP contribution in [-0.4, -0.2) is 31.2 Å². The monoisotopic (exact) mass is 311 g/mol. The largest absolute Gasteiger partial charge is 0.296 e. The average molecular weight is 311 g/mol. The number of aromatic nitrogens is 5. The Morgan fingerprint density at radius 3 is 2.77 bits per heavy atom. The van der Waals surface area contributed by atoms with Gasteiger partial charge in [-0.05, 0) is 37.8 Å². The molecule has 0 fully saturated rings. The molecule has 1 aliphatic carbocycles. The molecule has 0 radical (unpaired) electrons. The van der Waals surface area contributed by atoms with E-state index in [1.807, 2.05) is 12.1 Å². The number of nitrogens with zero attached hydrogens (tertiary/aromatic N) is 5. The van der Waals surface area contributed by atoms with Crippen molar-refractivity contribution in [3.63, 3.8) is 0 Å². The fourth-order valence-corrected chi connectivity index (χ4v) is 3.82. The molecule has 0 spiro atoms. The van der Waals surface area contributed by atoms with Gasteiger partial charge in [0, 0.05) is 22.8 Å². The van der Waals surface area contributed by atoms with Gasteiger partial charge in [-0.25, -0.2) is 4.98 Å². The van der Waals surface area contributed by atoms with Crippen LogP contribution in [0, 0.1) is 0 Å². The molecule has 0 aliphatic heterocycles. The number of rotatable bonds is 3. The number of hydrogen-bond acceptors (Lipinski definition) is 6. The number of aryl methyl sites for hydroxylation is 2. The second kappa shape index (κ2) is 5.42. The first-order chi connectivity index (χ1) is 10.9. The second-order valence-corrected chi connectivity index (χ2v) is 6.22. The summed E-state index contributed by atoms with van der Waals surface area (Å²) in [4.78, 5) is 21.3. The quantitative estimate of drug-likeness (QED) is 0.695. The zero-order valence-corrected chi connectivity index (χ0v) is 12.6. The topological polar surface area (TPSA) is 73.6 Å². The van der Waals surface area contributed by atoms with E-state index in [0.717, 1.165) is 35.5 Å². The fraction of sp³-hybridized carbons (Fsp3) is 0.267. The number of aldehydes is 1. The Bertz CT molecular complexity index is 800. The van der Waals surface area contributed by atoms with Gasteiger partial charge in [0.1, 0.15) is 5.69 Å². The molecule has 6 nitrogen and oxygen atoms in total. The molecule has 0 unspecified atom stereocenters. The minimum absolute atomic E-state index is 0.319. The Hall–Kier alpha value is -2.41. The van der Waals surface area contributed by atoms with Crippen LogP contribution in [0.25, 0.3) is 16.4 Å². The number of pyridine rings is 1. The number of carbonyl (C=O) groups is 1. The van der Waals surface area contributed by atoms with Crippen molar-refractivity contribution in [2.24, 2.45) is 0 Å². The van der Waals surface area contributed by atoms with E-state index in [1.165, 1.54) is 17.7 Å². The van der Waals surface area contributed by atoms with Crippen molar-refractivity contribution < 1.29 is 4.79 Å². The summed E-state index contributed by atoms with van der Waals surface area (Å²) in [5, 5.41) is 8.90. The molecule has 7 heteroatoms. The van der Waals surface area contributed by atoms with Gasteiger partial charge in [-0.15, -0.1) is 5.10 Å². The molecular weight excluding hydrogens is 298 g/mol. The Labute approximate surface area is 130 Å². The number of hydrogen-bond donors (Lipinski definition) is 0. The van der Waals surface area contributed by atoms with Crippen molar-refractivity contribution in [2.75, 3.05) is 0 Å². The molecule has 22 heavy (non-hydrogen) atoms. The zero-order chi connectivity index (χ0) is 14.9. The van der Waals surface area contributed by atoms with E-state index in [2.05, 4.69) is 15.3 Å². The van der Waals surface area contributed by atoms with Crippen LogP contribution in [0.15, 0.2) is 24.5 Å². The maximum atomic E-state index is 11.3. The molecule has 110 valence electrons. The summed E-state index contributed by atoms with van der Waals surface area (Å²) in [6.07, 6.45) is 8.60. The molecule has 0 N–H and O–H groups in total. The first kappa shape index (κ1) is 13.3. The van der Waals surface area contributed by atoms with Crippen LogP contribution in [0.5, 0.6) is 0 Å². The highest BCUT2D eigenvalue weighted by Gasteiger charge is 2.21. The molecule has 1 aliphatic rings. The molecular formula is C15H13N5OS. The summed E-state index contributed by atoms with van der Waals surface area (Å²) in [5.41, 5.74) is 3.01. The van der Waals surface area contributed by atoms with Crippen LogP contribution in [0.4, 0.5) is 0 Å². The lowest BCUT2D eigenvalue weighted by molar-refractivity contribution is 0.111. The first-order valence-electron chi connectivity index (χ1n) is 7.17. The molecule has 3 aromatic rings. The van der Waals surface area contributed by atoms with Crippen LogP contribution in [0.2, 0.25) is 0 Å². The minimum atomic E-state index is 0.319. The Balaban J connectivity index is 1.87. The van der Waals surface area contributed by atoms with Gasteiger partial charge in [0.2, 0.25) is 5.13 Å². The summed E-state index contributed by atoms with van der Waals surface area (Å²) < 4.78 is 1.67. The van der Waals surface area contributed by atoms with Crippen molar-refractivity contribution >= 4 is 17.6 Å². The first-order valence-corrected chi connectivity index (χ1v) is 7.98. The van der Waals surface area contributed by atoms with Crippen LogP contribution in [0.1, 0.15) is 33.9 Å². The third kappa shape index (κ3) is 2.14. The van der Waals surface area contributed by atoms with E-state index < -0.39 is 0 Å². The molecule has 3 aromatic heterocycles. The highest BCUT2D eigenvalue weighted by Crippen LogP contribution is 2.31. The van der Waals surface area contributed by atoms with Crippen LogP contribution < -0.4 is 0 Å². The van der Waals surface area contributed by atoms with Gasteiger partial charge < -0.3 is 0 Å². The van der Waals surface area contributed by atoms with Crippen molar-refractivity contribution in [3.8, 4) is 16.4 Å². The number of thiazole rings is 1. The third-order valence-corrected chi connectivity index (χ3v) is 4.91. The SMILES string of the molecule is O=Cc1nnn(-c2nc3c(s2)CCCC3)c1-c1ccncc1. The van der Waals surface area contributed by atoms with Crippen molar-refractivity contribution in [3.05, 3.63) is 40.8 Å². The smallest absolute Gasteiger partial charge is 0.212 e. The van der Waals surface area contributed by atoms with Gasteiger partial charge in [0.15, 0.2) is 12.0 Å². The zero-order valence-electron chi connectivity index (χ0n) is 11.8. The Morgan fingerprint density at radius 2 is 2.00 bits per heavy atom. The molecule has 4 rings (SSSR count). The van der Waals surface area contributed by atoms with E-state index in [4.69, 9.17) is 4.98 Å². The second-order valence-electron chi connectivity index (χ2n) is 5.16. The van der Waals surface area contributed by atoms with E-state index in [0.29, 0.717) is 11.4 Å². The lowest BCUT2D eigenvalue weighted by atomic mass is 10.0. The lowest BCUT2D eigenvalue weighted by Gasteiger charge is -2.06. The van der Waals surface area contributed by atoms with Crippen molar-refractivity contribution in [1.29, 1.82) is 0 Å². The van der Waals surface area contributed by atoms with E-state index >= 15 is 0 Å². The normalized spacial score (nSPS) is 13.8. The van der Waals surface area contributed by atoms with E-state index in [-0.39, 0.29) is 0 Å². The van der Waals surface area contributed by atoms with Gasteiger partial charge >= 0.3 is 0 Å². The molecule has 0 saturated carbocycles. The summed E-state index contributed by atoms with van der Waals surface area (Å²) in [5.74, 6) is 0. The lowest BCUT2D eigenvalue weighted by Crippen LogP contribution is -2.01. The van der Waals surface area contributed by atoms with Crippen LogP contribution >= 0.6 is 11.3 Å². The predicted octanol–water partition coefficient (Wildman–Crippen LogP) is 2.48. The summed E-state index contributed by atoms with van der Waals surface area (Å²) in [7, 11) is 0. The number of fused-ring (bicyclic) bond motifs is 1. The molecule has 0 atom stereocenters. The van der Waals surface area contributed by atoms with E-state index in [9.17, 15) is 4.79 Å². The van der Waals surface area contributed by atoms with Gasteiger partial charge in [-0.2, -0.15) is 4.68 Å². The van der Waals surface area contributed by atoms with E-state index in [1.54, 1.807) is 28.4 Å². The molecule has 0 aromatic carbocycles. The van der Waals surface area contributed by atoms with Gasteiger partial charge in [-0.3, -0.25) is 9.78 Å². The molecule has 0 saturated heterocycles. The average Bonchev–Trinajstić information content (AvgIpc) is 3.18. The van der Waals surface area contributed by atoms with Crippen LogP contribution in [-0.2, 0) is 12.8 Å². The highest BCUT2D eigenvalue weighted by atomic mass is 32.1. The summed E-state index contributed by atoms with van der Waals surface area (Å²) >= 11 is 1.64. The number of carbonyl (C=O) groups excluding carboxylic acids is 1. The summed E-state index contributed by atoms with van der Waals surface area (Å²) in [6.45, 7) is 0. The third-order valence-electron chi connectivity index (χ3n) is 3.78. The fourth-order valence-electron chi connectivity index (χ4n) is 2.72. The van der Waals surface area contributed by atoms with Crippen molar-refractivity contribution in [1.82, 2.24) is 25.0 Å². The standard InChI is InChI=1S/C15H13N5OS/c21-9-12-14(10-5-7-16-8-6-10)20(19-18-12)15-17-11-3-1-2-4-13(11)22-15/h5-9H,1-4H2. The Morgan fingerprint density at radius 1 is 1.18 bits per heavy atom. The van der Waals surface area contributed by atoms with Gasteiger partial charge in [0.25, 0.3) is 0 Å².